The number of carbonyl (C=O) groups is 2. The van der Waals surface area contributed by atoms with Crippen LogP contribution in [-0.2, 0) is 9.59 Å². The van der Waals surface area contributed by atoms with Crippen molar-refractivity contribution in [2.24, 2.45) is 0 Å². The first-order chi connectivity index (χ1) is 12.0. The minimum absolute atomic E-state index is 0.0143. The lowest BCUT2D eigenvalue weighted by Gasteiger charge is -2.16. The van der Waals surface area contributed by atoms with E-state index in [4.69, 9.17) is 4.74 Å². The minimum Gasteiger partial charge on any atom is -0.481 e. The SMILES string of the molecule is CCCC(=O)Nc1ccc(NC(=O)C(C)Oc2ccccc2C)cc1. The van der Waals surface area contributed by atoms with Gasteiger partial charge in [-0.05, 0) is 56.2 Å². The molecule has 132 valence electrons. The molecule has 0 aromatic heterocycles. The molecule has 0 radical (unpaired) electrons. The van der Waals surface area contributed by atoms with E-state index >= 15 is 0 Å². The Labute approximate surface area is 148 Å². The first-order valence-corrected chi connectivity index (χ1v) is 8.42. The number of para-hydroxylation sites is 1. The highest BCUT2D eigenvalue weighted by atomic mass is 16.5. The Bertz CT molecular complexity index is 726. The number of rotatable bonds is 7. The van der Waals surface area contributed by atoms with E-state index < -0.39 is 6.10 Å². The minimum atomic E-state index is -0.620. The Morgan fingerprint density at radius 3 is 2.20 bits per heavy atom. The highest BCUT2D eigenvalue weighted by Crippen LogP contribution is 2.19. The zero-order valence-corrected chi connectivity index (χ0v) is 14.8. The molecule has 0 aliphatic rings. The van der Waals surface area contributed by atoms with E-state index in [1.165, 1.54) is 0 Å². The van der Waals surface area contributed by atoms with E-state index in [9.17, 15) is 9.59 Å². The molecule has 0 aliphatic carbocycles. The second-order valence-electron chi connectivity index (χ2n) is 5.89. The number of ether oxygens (including phenoxy) is 1. The molecule has 0 heterocycles. The third kappa shape index (κ3) is 5.64. The van der Waals surface area contributed by atoms with Gasteiger partial charge in [0.15, 0.2) is 6.10 Å². The van der Waals surface area contributed by atoms with Gasteiger partial charge in [-0.15, -0.1) is 0 Å². The normalized spacial score (nSPS) is 11.5. The summed E-state index contributed by atoms with van der Waals surface area (Å²) in [5, 5.41) is 5.62. The number of hydrogen-bond acceptors (Lipinski definition) is 3. The van der Waals surface area contributed by atoms with Gasteiger partial charge in [-0.3, -0.25) is 9.59 Å². The maximum atomic E-state index is 12.3. The predicted octanol–water partition coefficient (Wildman–Crippen LogP) is 4.14. The molecule has 1 atom stereocenters. The van der Waals surface area contributed by atoms with Crippen LogP contribution < -0.4 is 15.4 Å². The maximum absolute atomic E-state index is 12.3. The van der Waals surface area contributed by atoms with E-state index in [1.807, 2.05) is 38.1 Å². The quantitative estimate of drug-likeness (QED) is 0.796. The molecule has 5 nitrogen and oxygen atoms in total. The van der Waals surface area contributed by atoms with E-state index in [-0.39, 0.29) is 11.8 Å². The molecule has 0 fully saturated rings. The van der Waals surface area contributed by atoms with E-state index in [0.29, 0.717) is 23.5 Å². The third-order valence-corrected chi connectivity index (χ3v) is 3.68. The summed E-state index contributed by atoms with van der Waals surface area (Å²) >= 11 is 0. The predicted molar refractivity (Wildman–Crippen MR) is 99.9 cm³/mol. The number of amides is 2. The number of nitrogens with one attached hydrogen (secondary N) is 2. The molecule has 0 aliphatic heterocycles. The Morgan fingerprint density at radius 1 is 1.00 bits per heavy atom. The fourth-order valence-corrected chi connectivity index (χ4v) is 2.26. The average Bonchev–Trinajstić information content (AvgIpc) is 2.59. The summed E-state index contributed by atoms with van der Waals surface area (Å²) < 4.78 is 5.71. The highest BCUT2D eigenvalue weighted by Gasteiger charge is 2.15. The lowest BCUT2D eigenvalue weighted by molar-refractivity contribution is -0.122. The Hall–Kier alpha value is -2.82. The number of hydrogen-bond donors (Lipinski definition) is 2. The molecule has 2 aromatic rings. The number of aryl methyl sites for hydroxylation is 1. The molecular weight excluding hydrogens is 316 g/mol. The van der Waals surface area contributed by atoms with Gasteiger partial charge in [0.2, 0.25) is 5.91 Å². The van der Waals surface area contributed by atoms with Crippen LogP contribution >= 0.6 is 0 Å². The van der Waals surface area contributed by atoms with E-state index in [1.54, 1.807) is 31.2 Å². The number of anilines is 2. The monoisotopic (exact) mass is 340 g/mol. The van der Waals surface area contributed by atoms with Crippen LogP contribution in [0, 0.1) is 6.92 Å². The lowest BCUT2D eigenvalue weighted by atomic mass is 10.2. The second kappa shape index (κ2) is 8.87. The van der Waals surface area contributed by atoms with Crippen LogP contribution in [0.1, 0.15) is 32.3 Å². The maximum Gasteiger partial charge on any atom is 0.265 e. The lowest BCUT2D eigenvalue weighted by Crippen LogP contribution is -2.30. The van der Waals surface area contributed by atoms with Crippen molar-refractivity contribution < 1.29 is 14.3 Å². The summed E-state index contributed by atoms with van der Waals surface area (Å²) in [5.41, 5.74) is 2.34. The van der Waals surface area contributed by atoms with Crippen LogP contribution in [0.5, 0.6) is 5.75 Å². The first-order valence-electron chi connectivity index (χ1n) is 8.42. The highest BCUT2D eigenvalue weighted by molar-refractivity contribution is 5.95. The van der Waals surface area contributed by atoms with Crippen molar-refractivity contribution in [2.75, 3.05) is 10.6 Å². The number of benzene rings is 2. The molecule has 2 rings (SSSR count). The molecule has 0 saturated heterocycles. The smallest absolute Gasteiger partial charge is 0.265 e. The first kappa shape index (κ1) is 18.5. The molecule has 2 amide bonds. The Balaban J connectivity index is 1.91. The van der Waals surface area contributed by atoms with Crippen molar-refractivity contribution in [3.8, 4) is 5.75 Å². The summed E-state index contributed by atoms with van der Waals surface area (Å²) in [5.74, 6) is 0.449. The molecule has 2 N–H and O–H groups in total. The molecular formula is C20H24N2O3. The molecule has 2 aromatic carbocycles. The summed E-state index contributed by atoms with van der Waals surface area (Å²) in [6.45, 7) is 5.60. The van der Waals surface area contributed by atoms with Crippen LogP contribution in [0.15, 0.2) is 48.5 Å². The van der Waals surface area contributed by atoms with Crippen molar-refractivity contribution in [3.05, 3.63) is 54.1 Å². The van der Waals surface area contributed by atoms with Crippen LogP contribution in [0.2, 0.25) is 0 Å². The largest absolute Gasteiger partial charge is 0.481 e. The van der Waals surface area contributed by atoms with Crippen LogP contribution in [0.4, 0.5) is 11.4 Å². The zero-order valence-electron chi connectivity index (χ0n) is 14.8. The van der Waals surface area contributed by atoms with Gasteiger partial charge in [0, 0.05) is 17.8 Å². The fourth-order valence-electron chi connectivity index (χ4n) is 2.26. The summed E-state index contributed by atoms with van der Waals surface area (Å²) in [4.78, 5) is 23.8. The molecule has 5 heteroatoms. The fraction of sp³-hybridized carbons (Fsp3) is 0.300. The van der Waals surface area contributed by atoms with Gasteiger partial charge in [0.1, 0.15) is 5.75 Å². The Kier molecular flexibility index (Phi) is 6.57. The van der Waals surface area contributed by atoms with Gasteiger partial charge in [-0.2, -0.15) is 0 Å². The summed E-state index contributed by atoms with van der Waals surface area (Å²) in [6.07, 6.45) is 0.676. The summed E-state index contributed by atoms with van der Waals surface area (Å²) in [7, 11) is 0. The van der Waals surface area contributed by atoms with Gasteiger partial charge >= 0.3 is 0 Å². The van der Waals surface area contributed by atoms with Gasteiger partial charge in [-0.25, -0.2) is 0 Å². The van der Waals surface area contributed by atoms with Crippen molar-refractivity contribution in [1.82, 2.24) is 0 Å². The zero-order chi connectivity index (χ0) is 18.2. The van der Waals surface area contributed by atoms with Crippen molar-refractivity contribution in [2.45, 2.75) is 39.7 Å². The van der Waals surface area contributed by atoms with Crippen molar-refractivity contribution in [1.29, 1.82) is 0 Å². The topological polar surface area (TPSA) is 67.4 Å². The van der Waals surface area contributed by atoms with Gasteiger partial charge in [0.05, 0.1) is 0 Å². The third-order valence-electron chi connectivity index (χ3n) is 3.68. The van der Waals surface area contributed by atoms with Crippen molar-refractivity contribution in [3.63, 3.8) is 0 Å². The van der Waals surface area contributed by atoms with Crippen LogP contribution in [0.3, 0.4) is 0 Å². The van der Waals surface area contributed by atoms with E-state index in [2.05, 4.69) is 10.6 Å². The molecule has 25 heavy (non-hydrogen) atoms. The van der Waals surface area contributed by atoms with E-state index in [0.717, 1.165) is 12.0 Å². The standard InChI is InChI=1S/C20H24N2O3/c1-4-7-19(23)21-16-10-12-17(13-11-16)22-20(24)15(3)25-18-9-6-5-8-14(18)2/h5-6,8-13,15H,4,7H2,1-3H3,(H,21,23)(H,22,24). The molecule has 1 unspecified atom stereocenters. The Morgan fingerprint density at radius 2 is 1.60 bits per heavy atom. The van der Waals surface area contributed by atoms with Crippen LogP contribution in [-0.4, -0.2) is 17.9 Å². The molecule has 0 spiro atoms. The molecule has 0 bridgehead atoms. The van der Waals surface area contributed by atoms with Crippen LogP contribution in [0.25, 0.3) is 0 Å². The number of carbonyl (C=O) groups excluding carboxylic acids is 2. The second-order valence-corrected chi connectivity index (χ2v) is 5.89. The van der Waals surface area contributed by atoms with Gasteiger partial charge in [0.25, 0.3) is 5.91 Å². The molecule has 0 saturated carbocycles. The van der Waals surface area contributed by atoms with Gasteiger partial charge < -0.3 is 15.4 Å². The average molecular weight is 340 g/mol. The van der Waals surface area contributed by atoms with Crippen molar-refractivity contribution >= 4 is 23.2 Å². The summed E-state index contributed by atoms with van der Waals surface area (Å²) in [6, 6.07) is 14.6. The van der Waals surface area contributed by atoms with Gasteiger partial charge in [-0.1, -0.05) is 25.1 Å².